The average Bonchev–Trinajstić information content (AvgIpc) is 2.38. The highest BCUT2D eigenvalue weighted by molar-refractivity contribution is 5.28. The van der Waals surface area contributed by atoms with E-state index in [-0.39, 0.29) is 0 Å². The summed E-state index contributed by atoms with van der Waals surface area (Å²) in [6, 6.07) is 9.91. The van der Waals surface area contributed by atoms with Gasteiger partial charge in [0, 0.05) is 12.1 Å². The highest BCUT2D eigenvalue weighted by atomic mass is 14.9. The van der Waals surface area contributed by atoms with Crippen LogP contribution >= 0.6 is 0 Å². The van der Waals surface area contributed by atoms with Gasteiger partial charge in [-0.05, 0) is 62.0 Å². The molecule has 1 nitrogen and oxygen atoms in total. The van der Waals surface area contributed by atoms with Crippen molar-refractivity contribution in [2.45, 2.75) is 72.4 Å². The molecule has 0 saturated heterocycles. The van der Waals surface area contributed by atoms with Crippen LogP contribution in [-0.2, 0) is 0 Å². The van der Waals surface area contributed by atoms with Gasteiger partial charge >= 0.3 is 0 Å². The summed E-state index contributed by atoms with van der Waals surface area (Å²) in [5.74, 6) is 0.898. The summed E-state index contributed by atoms with van der Waals surface area (Å²) in [5.41, 5.74) is 3.33. The second-order valence-electron chi connectivity index (χ2n) is 7.66. The zero-order valence-electron chi connectivity index (χ0n) is 13.9. The minimum absolute atomic E-state index is 0.465. The first kappa shape index (κ1) is 15.6. The molecule has 0 bridgehead atoms. The molecule has 112 valence electrons. The number of benzene rings is 1. The maximum absolute atomic E-state index is 3.85. The van der Waals surface area contributed by atoms with Gasteiger partial charge in [0.25, 0.3) is 0 Å². The quantitative estimate of drug-likeness (QED) is 0.793. The molecule has 0 amide bonds. The fourth-order valence-electron chi connectivity index (χ4n) is 3.64. The Balaban J connectivity index is 1.88. The Labute approximate surface area is 125 Å². The van der Waals surface area contributed by atoms with Gasteiger partial charge in [0.2, 0.25) is 0 Å². The monoisotopic (exact) mass is 273 g/mol. The standard InChI is InChI=1S/C19H31N/c1-14-8-6-7-9-18(14)15(2)20-17-12-10-16(11-13-17)19(3,4)5/h6-9,15-17,20H,10-13H2,1-5H3/t15-,16?,17?/m1/s1. The van der Waals surface area contributed by atoms with E-state index >= 15 is 0 Å². The van der Waals surface area contributed by atoms with E-state index in [1.807, 2.05) is 0 Å². The molecule has 1 atom stereocenters. The molecule has 0 unspecified atom stereocenters. The van der Waals surface area contributed by atoms with Gasteiger partial charge in [-0.2, -0.15) is 0 Å². The summed E-state index contributed by atoms with van der Waals surface area (Å²) in [4.78, 5) is 0. The second-order valence-corrected chi connectivity index (χ2v) is 7.66. The van der Waals surface area contributed by atoms with Crippen molar-refractivity contribution in [3.8, 4) is 0 Å². The molecule has 1 N–H and O–H groups in total. The third-order valence-corrected chi connectivity index (χ3v) is 5.09. The summed E-state index contributed by atoms with van der Waals surface area (Å²) < 4.78 is 0. The van der Waals surface area contributed by atoms with E-state index in [1.165, 1.54) is 36.8 Å². The fraction of sp³-hybridized carbons (Fsp3) is 0.684. The van der Waals surface area contributed by atoms with E-state index in [9.17, 15) is 0 Å². The highest BCUT2D eigenvalue weighted by Crippen LogP contribution is 2.38. The van der Waals surface area contributed by atoms with Crippen LogP contribution in [0.1, 0.15) is 70.5 Å². The summed E-state index contributed by atoms with van der Waals surface area (Å²) >= 11 is 0. The largest absolute Gasteiger partial charge is 0.307 e. The third kappa shape index (κ3) is 3.85. The Morgan fingerprint density at radius 3 is 2.20 bits per heavy atom. The summed E-state index contributed by atoms with van der Waals surface area (Å²) in [6.07, 6.45) is 5.42. The molecule has 1 aromatic rings. The first-order chi connectivity index (χ1) is 9.38. The van der Waals surface area contributed by atoms with E-state index < -0.39 is 0 Å². The Hall–Kier alpha value is -0.820. The van der Waals surface area contributed by atoms with Crippen molar-refractivity contribution in [3.05, 3.63) is 35.4 Å². The summed E-state index contributed by atoms with van der Waals surface area (Å²) in [7, 11) is 0. The number of rotatable bonds is 3. The number of hydrogen-bond acceptors (Lipinski definition) is 1. The first-order valence-corrected chi connectivity index (χ1v) is 8.19. The van der Waals surface area contributed by atoms with Gasteiger partial charge in [0.15, 0.2) is 0 Å². The molecule has 0 heterocycles. The van der Waals surface area contributed by atoms with Gasteiger partial charge in [-0.1, -0.05) is 45.0 Å². The normalized spacial score (nSPS) is 25.4. The number of nitrogens with one attached hydrogen (secondary N) is 1. The van der Waals surface area contributed by atoms with Crippen molar-refractivity contribution < 1.29 is 0 Å². The van der Waals surface area contributed by atoms with E-state index in [2.05, 4.69) is 64.2 Å². The Morgan fingerprint density at radius 2 is 1.65 bits per heavy atom. The van der Waals surface area contributed by atoms with Crippen LogP contribution in [0.25, 0.3) is 0 Å². The molecule has 0 radical (unpaired) electrons. The van der Waals surface area contributed by atoms with Crippen LogP contribution in [0.2, 0.25) is 0 Å². The lowest BCUT2D eigenvalue weighted by Crippen LogP contribution is -2.37. The van der Waals surface area contributed by atoms with Crippen LogP contribution in [0.3, 0.4) is 0 Å². The van der Waals surface area contributed by atoms with Gasteiger partial charge in [-0.25, -0.2) is 0 Å². The van der Waals surface area contributed by atoms with Gasteiger partial charge in [-0.15, -0.1) is 0 Å². The predicted molar refractivity (Wildman–Crippen MR) is 87.9 cm³/mol. The van der Waals surface area contributed by atoms with Crippen LogP contribution < -0.4 is 5.32 Å². The molecule has 1 aromatic carbocycles. The predicted octanol–water partition coefficient (Wildman–Crippen LogP) is 5.25. The van der Waals surface area contributed by atoms with Gasteiger partial charge in [0.05, 0.1) is 0 Å². The van der Waals surface area contributed by atoms with Crippen molar-refractivity contribution in [2.24, 2.45) is 11.3 Å². The SMILES string of the molecule is Cc1ccccc1[C@@H](C)NC1CCC(C(C)(C)C)CC1. The number of hydrogen-bond donors (Lipinski definition) is 1. The van der Waals surface area contributed by atoms with Crippen molar-refractivity contribution in [2.75, 3.05) is 0 Å². The van der Waals surface area contributed by atoms with Crippen LogP contribution in [0.5, 0.6) is 0 Å². The molecule has 1 aliphatic rings. The molecule has 1 saturated carbocycles. The minimum Gasteiger partial charge on any atom is -0.307 e. The average molecular weight is 273 g/mol. The lowest BCUT2D eigenvalue weighted by Gasteiger charge is -2.38. The smallest absolute Gasteiger partial charge is 0.0296 e. The maximum Gasteiger partial charge on any atom is 0.0296 e. The first-order valence-electron chi connectivity index (χ1n) is 8.19. The van der Waals surface area contributed by atoms with Crippen LogP contribution in [0, 0.1) is 18.3 Å². The number of aryl methyl sites for hydroxylation is 1. The molecule has 1 aliphatic carbocycles. The highest BCUT2D eigenvalue weighted by Gasteiger charge is 2.30. The minimum atomic E-state index is 0.465. The molecule has 0 spiro atoms. The second kappa shape index (κ2) is 6.30. The van der Waals surface area contributed by atoms with Crippen molar-refractivity contribution in [3.63, 3.8) is 0 Å². The van der Waals surface area contributed by atoms with Crippen LogP contribution in [0.4, 0.5) is 0 Å². The van der Waals surface area contributed by atoms with E-state index in [1.54, 1.807) is 0 Å². The van der Waals surface area contributed by atoms with Crippen molar-refractivity contribution in [1.82, 2.24) is 5.32 Å². The van der Waals surface area contributed by atoms with Crippen molar-refractivity contribution >= 4 is 0 Å². The zero-order chi connectivity index (χ0) is 14.8. The Kier molecular flexibility index (Phi) is 4.90. The van der Waals surface area contributed by atoms with Gasteiger partial charge in [-0.3, -0.25) is 0 Å². The Bertz CT molecular complexity index is 422. The fourth-order valence-corrected chi connectivity index (χ4v) is 3.64. The van der Waals surface area contributed by atoms with Gasteiger partial charge < -0.3 is 5.32 Å². The molecule has 1 heteroatoms. The van der Waals surface area contributed by atoms with E-state index in [0.29, 0.717) is 17.5 Å². The van der Waals surface area contributed by atoms with E-state index in [4.69, 9.17) is 0 Å². The van der Waals surface area contributed by atoms with E-state index in [0.717, 1.165) is 5.92 Å². The topological polar surface area (TPSA) is 12.0 Å². The molecule has 20 heavy (non-hydrogen) atoms. The third-order valence-electron chi connectivity index (χ3n) is 5.09. The van der Waals surface area contributed by atoms with Gasteiger partial charge in [0.1, 0.15) is 0 Å². The Morgan fingerprint density at radius 1 is 1.05 bits per heavy atom. The van der Waals surface area contributed by atoms with Crippen LogP contribution in [-0.4, -0.2) is 6.04 Å². The molecule has 2 rings (SSSR count). The zero-order valence-corrected chi connectivity index (χ0v) is 13.9. The lowest BCUT2D eigenvalue weighted by molar-refractivity contribution is 0.157. The molecular weight excluding hydrogens is 242 g/mol. The maximum atomic E-state index is 3.85. The van der Waals surface area contributed by atoms with Crippen LogP contribution in [0.15, 0.2) is 24.3 Å². The summed E-state index contributed by atoms with van der Waals surface area (Å²) in [6.45, 7) is 11.7. The molecule has 1 fully saturated rings. The molecular formula is C19H31N. The lowest BCUT2D eigenvalue weighted by atomic mass is 9.71. The van der Waals surface area contributed by atoms with Crippen molar-refractivity contribution in [1.29, 1.82) is 0 Å². The molecule has 0 aromatic heterocycles. The molecule has 0 aliphatic heterocycles. The summed E-state index contributed by atoms with van der Waals surface area (Å²) in [5, 5.41) is 3.85.